The number of amides is 1. The number of hydrogen-bond acceptors (Lipinski definition) is 2. The summed E-state index contributed by atoms with van der Waals surface area (Å²) in [5.74, 6) is -0.371. The molecule has 0 spiro atoms. The molecule has 1 amide bonds. The van der Waals surface area contributed by atoms with E-state index in [4.69, 9.17) is 17.3 Å². The van der Waals surface area contributed by atoms with E-state index in [0.717, 1.165) is 16.8 Å². The van der Waals surface area contributed by atoms with E-state index in [9.17, 15) is 9.18 Å². The molecule has 5 heteroatoms. The molecule has 1 aliphatic rings. The zero-order chi connectivity index (χ0) is 15.0. The van der Waals surface area contributed by atoms with Gasteiger partial charge in [-0.05, 0) is 35.7 Å². The first-order valence-electron chi connectivity index (χ1n) is 6.66. The van der Waals surface area contributed by atoms with Crippen LogP contribution in [-0.4, -0.2) is 5.91 Å². The zero-order valence-electron chi connectivity index (χ0n) is 11.2. The molecule has 1 unspecified atom stereocenters. The Labute approximate surface area is 126 Å². The summed E-state index contributed by atoms with van der Waals surface area (Å²) in [4.78, 5) is 11.4. The molecule has 1 aliphatic heterocycles. The van der Waals surface area contributed by atoms with Gasteiger partial charge in [-0.15, -0.1) is 0 Å². The molecule has 0 aromatic heterocycles. The van der Waals surface area contributed by atoms with Gasteiger partial charge in [0.2, 0.25) is 5.91 Å². The minimum atomic E-state index is -0.375. The maximum atomic E-state index is 13.8. The fourth-order valence-corrected chi connectivity index (χ4v) is 2.79. The summed E-state index contributed by atoms with van der Waals surface area (Å²) in [7, 11) is 0. The molecular formula is C16H14ClFN2O. The van der Waals surface area contributed by atoms with E-state index in [2.05, 4.69) is 5.32 Å². The van der Waals surface area contributed by atoms with Crippen molar-refractivity contribution >= 4 is 23.2 Å². The molecule has 0 radical (unpaired) electrons. The lowest BCUT2D eigenvalue weighted by Gasteiger charge is -2.15. The Balaban J connectivity index is 1.85. The van der Waals surface area contributed by atoms with Crippen molar-refractivity contribution in [2.24, 2.45) is 5.73 Å². The van der Waals surface area contributed by atoms with Gasteiger partial charge in [0, 0.05) is 22.3 Å². The van der Waals surface area contributed by atoms with Crippen LogP contribution in [0.5, 0.6) is 0 Å². The average molecular weight is 305 g/mol. The Kier molecular flexibility index (Phi) is 3.66. The van der Waals surface area contributed by atoms with Gasteiger partial charge in [-0.2, -0.15) is 0 Å². The van der Waals surface area contributed by atoms with Crippen molar-refractivity contribution in [2.75, 3.05) is 5.32 Å². The third-order valence-electron chi connectivity index (χ3n) is 3.67. The first kappa shape index (κ1) is 14.0. The van der Waals surface area contributed by atoms with E-state index in [1.54, 1.807) is 12.1 Å². The van der Waals surface area contributed by atoms with Crippen LogP contribution in [0.2, 0.25) is 5.02 Å². The van der Waals surface area contributed by atoms with E-state index in [1.807, 2.05) is 18.2 Å². The largest absolute Gasteiger partial charge is 0.326 e. The molecule has 3 N–H and O–H groups in total. The normalized spacial score (nSPS) is 14.7. The van der Waals surface area contributed by atoms with E-state index >= 15 is 0 Å². The second-order valence-electron chi connectivity index (χ2n) is 5.15. The number of anilines is 1. The van der Waals surface area contributed by atoms with Crippen LogP contribution >= 0.6 is 11.6 Å². The second-order valence-corrected chi connectivity index (χ2v) is 5.56. The third-order valence-corrected chi connectivity index (χ3v) is 4.02. The van der Waals surface area contributed by atoms with Gasteiger partial charge in [-0.1, -0.05) is 29.8 Å². The van der Waals surface area contributed by atoms with Gasteiger partial charge >= 0.3 is 0 Å². The van der Waals surface area contributed by atoms with Gasteiger partial charge in [0.25, 0.3) is 0 Å². The number of benzene rings is 2. The van der Waals surface area contributed by atoms with Crippen molar-refractivity contribution in [1.29, 1.82) is 0 Å². The Morgan fingerprint density at radius 2 is 2.14 bits per heavy atom. The Hall–Kier alpha value is -1.91. The molecule has 3 rings (SSSR count). The summed E-state index contributed by atoms with van der Waals surface area (Å²) in [6.45, 7) is 0. The molecule has 1 heterocycles. The zero-order valence-corrected chi connectivity index (χ0v) is 12.0. The molecule has 3 nitrogen and oxygen atoms in total. The van der Waals surface area contributed by atoms with E-state index in [-0.39, 0.29) is 17.8 Å². The number of carbonyl (C=O) groups excluding carboxylic acids is 1. The average Bonchev–Trinajstić information content (AvgIpc) is 2.81. The van der Waals surface area contributed by atoms with Gasteiger partial charge in [-0.3, -0.25) is 4.79 Å². The van der Waals surface area contributed by atoms with Gasteiger partial charge in [0.1, 0.15) is 5.82 Å². The Morgan fingerprint density at radius 3 is 2.90 bits per heavy atom. The number of halogens is 2. The summed E-state index contributed by atoms with van der Waals surface area (Å²) >= 11 is 6.02. The molecule has 0 aliphatic carbocycles. The second kappa shape index (κ2) is 5.47. The predicted molar refractivity (Wildman–Crippen MR) is 80.8 cm³/mol. The van der Waals surface area contributed by atoms with Gasteiger partial charge in [0.15, 0.2) is 0 Å². The highest BCUT2D eigenvalue weighted by atomic mass is 35.5. The standard InChI is InChI=1S/C16H14ClFN2O/c17-12-2-1-3-13(18)11(12)8-14(19)9-4-5-15-10(6-9)7-16(21)20-15/h1-6,14H,7-8,19H2,(H,20,21). The van der Waals surface area contributed by atoms with Crippen LogP contribution in [0.25, 0.3) is 0 Å². The lowest BCUT2D eigenvalue weighted by atomic mass is 9.97. The van der Waals surface area contributed by atoms with Crippen molar-refractivity contribution < 1.29 is 9.18 Å². The summed E-state index contributed by atoms with van der Waals surface area (Å²) in [6.07, 6.45) is 0.669. The van der Waals surface area contributed by atoms with Crippen molar-refractivity contribution in [3.05, 3.63) is 63.9 Å². The van der Waals surface area contributed by atoms with Crippen LogP contribution in [-0.2, 0) is 17.6 Å². The van der Waals surface area contributed by atoms with E-state index in [0.29, 0.717) is 23.4 Å². The fourth-order valence-electron chi connectivity index (χ4n) is 2.54. The Morgan fingerprint density at radius 1 is 1.33 bits per heavy atom. The number of fused-ring (bicyclic) bond motifs is 1. The number of carbonyl (C=O) groups is 1. The first-order chi connectivity index (χ1) is 10.0. The van der Waals surface area contributed by atoms with Crippen LogP contribution in [0, 0.1) is 5.82 Å². The summed E-state index contributed by atoms with van der Waals surface area (Å²) in [6, 6.07) is 9.80. The lowest BCUT2D eigenvalue weighted by Crippen LogP contribution is -2.14. The molecule has 2 aromatic rings. The van der Waals surface area contributed by atoms with E-state index in [1.165, 1.54) is 6.07 Å². The number of nitrogens with one attached hydrogen (secondary N) is 1. The molecule has 2 aromatic carbocycles. The number of nitrogens with two attached hydrogens (primary N) is 1. The highest BCUT2D eigenvalue weighted by Crippen LogP contribution is 2.29. The molecular weight excluding hydrogens is 291 g/mol. The highest BCUT2D eigenvalue weighted by molar-refractivity contribution is 6.31. The van der Waals surface area contributed by atoms with Gasteiger partial charge in [0.05, 0.1) is 6.42 Å². The summed E-state index contributed by atoms with van der Waals surface area (Å²) in [5, 5.41) is 3.15. The van der Waals surface area contributed by atoms with Crippen LogP contribution in [0.4, 0.5) is 10.1 Å². The monoisotopic (exact) mass is 304 g/mol. The quantitative estimate of drug-likeness (QED) is 0.915. The van der Waals surface area contributed by atoms with E-state index < -0.39 is 0 Å². The highest BCUT2D eigenvalue weighted by Gasteiger charge is 2.20. The number of rotatable bonds is 3. The lowest BCUT2D eigenvalue weighted by molar-refractivity contribution is -0.115. The molecule has 0 bridgehead atoms. The minimum Gasteiger partial charge on any atom is -0.326 e. The first-order valence-corrected chi connectivity index (χ1v) is 7.03. The van der Waals surface area contributed by atoms with Crippen molar-refractivity contribution in [1.82, 2.24) is 0 Å². The van der Waals surface area contributed by atoms with Gasteiger partial charge < -0.3 is 11.1 Å². The molecule has 1 atom stereocenters. The van der Waals surface area contributed by atoms with Crippen LogP contribution in [0.3, 0.4) is 0 Å². The maximum Gasteiger partial charge on any atom is 0.228 e. The maximum absolute atomic E-state index is 13.8. The SMILES string of the molecule is NC(Cc1c(F)cccc1Cl)c1ccc2c(c1)CC(=O)N2. The minimum absolute atomic E-state index is 0.0205. The van der Waals surface area contributed by atoms with Crippen LogP contribution in [0.15, 0.2) is 36.4 Å². The third kappa shape index (κ3) is 2.77. The summed E-state index contributed by atoms with van der Waals surface area (Å²) in [5.41, 5.74) is 9.19. The topological polar surface area (TPSA) is 55.1 Å². The van der Waals surface area contributed by atoms with Crippen LogP contribution < -0.4 is 11.1 Å². The van der Waals surface area contributed by atoms with Crippen molar-refractivity contribution in [3.8, 4) is 0 Å². The predicted octanol–water partition coefficient (Wildman–Crippen LogP) is 3.22. The van der Waals surface area contributed by atoms with Crippen molar-refractivity contribution in [3.63, 3.8) is 0 Å². The molecule has 0 saturated heterocycles. The summed E-state index contributed by atoms with van der Waals surface area (Å²) < 4.78 is 13.8. The molecule has 0 saturated carbocycles. The van der Waals surface area contributed by atoms with Crippen LogP contribution in [0.1, 0.15) is 22.7 Å². The molecule has 21 heavy (non-hydrogen) atoms. The van der Waals surface area contributed by atoms with Gasteiger partial charge in [-0.25, -0.2) is 4.39 Å². The fraction of sp³-hybridized carbons (Fsp3) is 0.188. The Bertz CT molecular complexity index is 697. The smallest absolute Gasteiger partial charge is 0.228 e. The molecule has 0 fully saturated rings. The van der Waals surface area contributed by atoms with Crippen molar-refractivity contribution in [2.45, 2.75) is 18.9 Å². The number of hydrogen-bond donors (Lipinski definition) is 2. The molecule has 108 valence electrons.